The Morgan fingerprint density at radius 1 is 1.43 bits per heavy atom. The van der Waals surface area contributed by atoms with Crippen LogP contribution in [0, 0.1) is 6.92 Å². The van der Waals surface area contributed by atoms with Gasteiger partial charge in [-0.05, 0) is 42.5 Å². The Morgan fingerprint density at radius 2 is 2.24 bits per heavy atom. The number of H-pyrrole nitrogens is 1. The standard InChI is InChI=1S/C13H11N3O4S/c1-7-14-13(16-15-7)21-11(12(17)18)5-8-2-3-9-10(4-8)20-6-19-9/h2-5H,6H2,1H3,(H,17,18)(H,14,15,16). The molecule has 2 heterocycles. The number of nitrogens with one attached hydrogen (secondary N) is 1. The highest BCUT2D eigenvalue weighted by atomic mass is 32.2. The van der Waals surface area contributed by atoms with E-state index in [1.54, 1.807) is 31.2 Å². The van der Waals surface area contributed by atoms with Crippen molar-refractivity contribution in [3.05, 3.63) is 34.5 Å². The maximum absolute atomic E-state index is 11.3. The van der Waals surface area contributed by atoms with E-state index in [0.29, 0.717) is 28.0 Å². The molecule has 2 aromatic rings. The third kappa shape index (κ3) is 3.00. The first-order valence-corrected chi connectivity index (χ1v) is 6.85. The highest BCUT2D eigenvalue weighted by Gasteiger charge is 2.16. The number of rotatable bonds is 4. The second kappa shape index (κ2) is 5.49. The van der Waals surface area contributed by atoms with Crippen LogP contribution < -0.4 is 9.47 Å². The maximum atomic E-state index is 11.3. The van der Waals surface area contributed by atoms with Crippen LogP contribution in [0.1, 0.15) is 11.4 Å². The molecular weight excluding hydrogens is 294 g/mol. The summed E-state index contributed by atoms with van der Waals surface area (Å²) in [6.07, 6.45) is 1.54. The SMILES string of the molecule is Cc1nc(SC(=Cc2ccc3c(c2)OCO3)C(=O)O)n[nH]1. The minimum atomic E-state index is -1.04. The van der Waals surface area contributed by atoms with Crippen molar-refractivity contribution in [1.29, 1.82) is 0 Å². The van der Waals surface area contributed by atoms with Crippen LogP contribution in [0.15, 0.2) is 28.3 Å². The van der Waals surface area contributed by atoms with Gasteiger partial charge in [0.15, 0.2) is 11.5 Å². The number of carboxylic acid groups (broad SMARTS) is 1. The number of carbonyl (C=O) groups is 1. The van der Waals surface area contributed by atoms with Gasteiger partial charge in [0, 0.05) is 0 Å². The van der Waals surface area contributed by atoms with Gasteiger partial charge in [-0.25, -0.2) is 9.78 Å². The fourth-order valence-corrected chi connectivity index (χ4v) is 2.51. The third-order valence-electron chi connectivity index (χ3n) is 2.68. The zero-order chi connectivity index (χ0) is 14.8. The summed E-state index contributed by atoms with van der Waals surface area (Å²) in [4.78, 5) is 15.5. The fraction of sp³-hybridized carbons (Fsp3) is 0.154. The van der Waals surface area contributed by atoms with Crippen LogP contribution in [0.25, 0.3) is 6.08 Å². The first kappa shape index (κ1) is 13.5. The van der Waals surface area contributed by atoms with E-state index < -0.39 is 5.97 Å². The number of thioether (sulfide) groups is 1. The van der Waals surface area contributed by atoms with Gasteiger partial charge in [0.25, 0.3) is 0 Å². The van der Waals surface area contributed by atoms with Gasteiger partial charge >= 0.3 is 5.97 Å². The second-order valence-corrected chi connectivity index (χ2v) is 5.24. The van der Waals surface area contributed by atoms with Crippen LogP contribution in [0.4, 0.5) is 0 Å². The molecule has 0 aliphatic carbocycles. The molecule has 1 aliphatic heterocycles. The number of benzene rings is 1. The van der Waals surface area contributed by atoms with Crippen molar-refractivity contribution >= 4 is 23.8 Å². The lowest BCUT2D eigenvalue weighted by molar-refractivity contribution is -0.131. The molecule has 21 heavy (non-hydrogen) atoms. The van der Waals surface area contributed by atoms with Crippen molar-refractivity contribution in [2.45, 2.75) is 12.1 Å². The van der Waals surface area contributed by atoms with Gasteiger partial charge in [-0.3, -0.25) is 5.10 Å². The summed E-state index contributed by atoms with van der Waals surface area (Å²) >= 11 is 0.982. The summed E-state index contributed by atoms with van der Waals surface area (Å²) in [7, 11) is 0. The van der Waals surface area contributed by atoms with E-state index in [1.807, 2.05) is 0 Å². The first-order chi connectivity index (χ1) is 10.1. The van der Waals surface area contributed by atoms with Gasteiger partial charge in [-0.15, -0.1) is 5.10 Å². The Kier molecular flexibility index (Phi) is 3.53. The predicted molar refractivity (Wildman–Crippen MR) is 75.2 cm³/mol. The van der Waals surface area contributed by atoms with E-state index in [-0.39, 0.29) is 11.7 Å². The largest absolute Gasteiger partial charge is 0.477 e. The number of nitrogens with zero attached hydrogens (tertiary/aromatic N) is 2. The summed E-state index contributed by atoms with van der Waals surface area (Å²) in [6, 6.07) is 5.24. The average Bonchev–Trinajstić information content (AvgIpc) is 3.06. The fourth-order valence-electron chi connectivity index (χ4n) is 1.76. The second-order valence-electron chi connectivity index (χ2n) is 4.23. The molecule has 8 heteroatoms. The Hall–Kier alpha value is -2.48. The molecule has 3 rings (SSSR count). The summed E-state index contributed by atoms with van der Waals surface area (Å²) < 4.78 is 10.5. The Bertz CT molecular complexity index is 726. The molecule has 0 fully saturated rings. The van der Waals surface area contributed by atoms with Gasteiger partial charge in [0.2, 0.25) is 11.9 Å². The minimum Gasteiger partial charge on any atom is -0.477 e. The van der Waals surface area contributed by atoms with Crippen molar-refractivity contribution < 1.29 is 19.4 Å². The lowest BCUT2D eigenvalue weighted by Gasteiger charge is -2.01. The molecule has 2 N–H and O–H groups in total. The number of fused-ring (bicyclic) bond motifs is 1. The Labute approximate surface area is 124 Å². The smallest absolute Gasteiger partial charge is 0.342 e. The van der Waals surface area contributed by atoms with Gasteiger partial charge in [0.05, 0.1) is 0 Å². The van der Waals surface area contributed by atoms with Crippen LogP contribution in [0.5, 0.6) is 11.5 Å². The van der Waals surface area contributed by atoms with Crippen molar-refractivity contribution in [2.75, 3.05) is 6.79 Å². The normalized spacial score (nSPS) is 13.5. The van der Waals surface area contributed by atoms with Crippen LogP contribution >= 0.6 is 11.8 Å². The monoisotopic (exact) mass is 305 g/mol. The molecule has 108 valence electrons. The number of hydrogen-bond acceptors (Lipinski definition) is 6. The van der Waals surface area contributed by atoms with E-state index in [1.165, 1.54) is 0 Å². The van der Waals surface area contributed by atoms with E-state index in [0.717, 1.165) is 11.8 Å². The molecule has 0 amide bonds. The summed E-state index contributed by atoms with van der Waals surface area (Å²) in [5, 5.41) is 16.2. The van der Waals surface area contributed by atoms with Gasteiger partial charge in [-0.1, -0.05) is 6.07 Å². The quantitative estimate of drug-likeness (QED) is 0.659. The van der Waals surface area contributed by atoms with E-state index in [2.05, 4.69) is 15.2 Å². The van der Waals surface area contributed by atoms with E-state index in [4.69, 9.17) is 9.47 Å². The molecule has 0 radical (unpaired) electrons. The molecular formula is C13H11N3O4S. The molecule has 1 aromatic heterocycles. The highest BCUT2D eigenvalue weighted by Crippen LogP contribution is 2.34. The molecule has 0 atom stereocenters. The third-order valence-corrected chi connectivity index (χ3v) is 3.56. The van der Waals surface area contributed by atoms with Crippen LogP contribution in [0.2, 0.25) is 0 Å². The number of ether oxygens (including phenoxy) is 2. The van der Waals surface area contributed by atoms with E-state index in [9.17, 15) is 9.90 Å². The number of carboxylic acids is 1. The molecule has 0 unspecified atom stereocenters. The lowest BCUT2D eigenvalue weighted by Crippen LogP contribution is -1.97. The van der Waals surface area contributed by atoms with Gasteiger partial charge in [0.1, 0.15) is 10.7 Å². The molecule has 0 saturated heterocycles. The van der Waals surface area contributed by atoms with Crippen LogP contribution in [-0.2, 0) is 4.79 Å². The lowest BCUT2D eigenvalue weighted by atomic mass is 10.2. The van der Waals surface area contributed by atoms with Crippen molar-refractivity contribution in [3.63, 3.8) is 0 Å². The number of aromatic amines is 1. The highest BCUT2D eigenvalue weighted by molar-refractivity contribution is 8.04. The summed E-state index contributed by atoms with van der Waals surface area (Å²) in [5.41, 5.74) is 0.705. The van der Waals surface area contributed by atoms with Gasteiger partial charge < -0.3 is 14.6 Å². The predicted octanol–water partition coefficient (Wildman–Crippen LogP) is 2.06. The molecule has 1 aromatic carbocycles. The zero-order valence-corrected chi connectivity index (χ0v) is 11.8. The maximum Gasteiger partial charge on any atom is 0.342 e. The Morgan fingerprint density at radius 3 is 2.95 bits per heavy atom. The minimum absolute atomic E-state index is 0.118. The van der Waals surface area contributed by atoms with Crippen molar-refractivity contribution in [3.8, 4) is 11.5 Å². The van der Waals surface area contributed by atoms with E-state index >= 15 is 0 Å². The molecule has 0 spiro atoms. The molecule has 1 aliphatic rings. The number of aromatic nitrogens is 3. The molecule has 0 bridgehead atoms. The van der Waals surface area contributed by atoms with Crippen LogP contribution in [-0.4, -0.2) is 33.1 Å². The number of aryl methyl sites for hydroxylation is 1. The zero-order valence-electron chi connectivity index (χ0n) is 11.0. The van der Waals surface area contributed by atoms with Crippen LogP contribution in [0.3, 0.4) is 0 Å². The average molecular weight is 305 g/mol. The van der Waals surface area contributed by atoms with Crippen molar-refractivity contribution in [1.82, 2.24) is 15.2 Å². The van der Waals surface area contributed by atoms with Gasteiger partial charge in [-0.2, -0.15) is 0 Å². The van der Waals surface area contributed by atoms with Crippen molar-refractivity contribution in [2.24, 2.45) is 0 Å². The molecule has 0 saturated carbocycles. The topological polar surface area (TPSA) is 97.3 Å². The Balaban J connectivity index is 1.88. The number of aliphatic carboxylic acids is 1. The molecule has 7 nitrogen and oxygen atoms in total. The number of hydrogen-bond donors (Lipinski definition) is 2. The summed E-state index contributed by atoms with van der Waals surface area (Å²) in [5.74, 6) is 0.846. The summed E-state index contributed by atoms with van der Waals surface area (Å²) in [6.45, 7) is 1.93. The first-order valence-electron chi connectivity index (χ1n) is 6.03.